The minimum Gasteiger partial charge on any atom is -0.475 e. The molecule has 0 spiro atoms. The molecule has 0 aliphatic heterocycles. The third kappa shape index (κ3) is 5.18. The second kappa shape index (κ2) is 7.62. The molecule has 1 aliphatic carbocycles. The van der Waals surface area contributed by atoms with Gasteiger partial charge in [0.1, 0.15) is 0 Å². The van der Waals surface area contributed by atoms with Crippen molar-refractivity contribution in [1.82, 2.24) is 9.97 Å². The minimum atomic E-state index is 0.136. The van der Waals surface area contributed by atoms with Crippen LogP contribution in [0.2, 0.25) is 0 Å². The van der Waals surface area contributed by atoms with Crippen molar-refractivity contribution in [2.45, 2.75) is 65.9 Å². The van der Waals surface area contributed by atoms with E-state index in [0.717, 1.165) is 24.1 Å². The molecule has 118 valence electrons. The number of aryl methyl sites for hydroxylation is 1. The van der Waals surface area contributed by atoms with Crippen molar-refractivity contribution >= 4 is 5.95 Å². The molecule has 1 N–H and O–H groups in total. The summed E-state index contributed by atoms with van der Waals surface area (Å²) >= 11 is 0. The maximum absolute atomic E-state index is 5.66. The van der Waals surface area contributed by atoms with E-state index < -0.39 is 0 Å². The van der Waals surface area contributed by atoms with Crippen molar-refractivity contribution in [3.63, 3.8) is 0 Å². The molecule has 0 aromatic carbocycles. The molecule has 1 aromatic rings. The number of ether oxygens (including phenoxy) is 1. The number of rotatable bonds is 6. The highest BCUT2D eigenvalue weighted by Gasteiger charge is 2.20. The smallest absolute Gasteiger partial charge is 0.226 e. The summed E-state index contributed by atoms with van der Waals surface area (Å²) in [7, 11) is 0. The summed E-state index contributed by atoms with van der Waals surface area (Å²) in [6.45, 7) is 9.28. The summed E-state index contributed by atoms with van der Waals surface area (Å²) < 4.78 is 5.66. The molecule has 1 saturated carbocycles. The standard InChI is InChI=1S/C17H29N3O/c1-5-14-6-8-15(9-7-14)11-18-17-19-13(4)10-16(20-17)21-12(2)3/h10,12,14-15H,5-9,11H2,1-4H3,(H,18,19,20). The van der Waals surface area contributed by atoms with Crippen molar-refractivity contribution < 1.29 is 4.74 Å². The summed E-state index contributed by atoms with van der Waals surface area (Å²) in [5.41, 5.74) is 0.942. The minimum absolute atomic E-state index is 0.136. The van der Waals surface area contributed by atoms with E-state index in [4.69, 9.17) is 4.74 Å². The summed E-state index contributed by atoms with van der Waals surface area (Å²) in [5, 5.41) is 3.40. The number of nitrogens with zero attached hydrogens (tertiary/aromatic N) is 2. The average molecular weight is 291 g/mol. The highest BCUT2D eigenvalue weighted by molar-refractivity contribution is 5.30. The fourth-order valence-electron chi connectivity index (χ4n) is 3.00. The van der Waals surface area contributed by atoms with Crippen LogP contribution in [0.15, 0.2) is 6.07 Å². The van der Waals surface area contributed by atoms with Crippen molar-refractivity contribution in [2.75, 3.05) is 11.9 Å². The summed E-state index contributed by atoms with van der Waals surface area (Å²) in [6.07, 6.45) is 6.87. The van der Waals surface area contributed by atoms with Crippen molar-refractivity contribution in [2.24, 2.45) is 11.8 Å². The molecule has 1 aromatic heterocycles. The lowest BCUT2D eigenvalue weighted by Gasteiger charge is -2.27. The van der Waals surface area contributed by atoms with E-state index in [0.29, 0.717) is 11.8 Å². The third-order valence-electron chi connectivity index (χ3n) is 4.28. The lowest BCUT2D eigenvalue weighted by molar-refractivity contribution is 0.232. The number of hydrogen-bond acceptors (Lipinski definition) is 4. The monoisotopic (exact) mass is 291 g/mol. The Bertz CT molecular complexity index is 440. The van der Waals surface area contributed by atoms with E-state index in [1.54, 1.807) is 0 Å². The van der Waals surface area contributed by atoms with Gasteiger partial charge in [-0.1, -0.05) is 26.2 Å². The first-order chi connectivity index (χ1) is 10.1. The van der Waals surface area contributed by atoms with Gasteiger partial charge in [-0.05, 0) is 45.4 Å². The van der Waals surface area contributed by atoms with E-state index in [-0.39, 0.29) is 6.10 Å². The molecule has 21 heavy (non-hydrogen) atoms. The van der Waals surface area contributed by atoms with Crippen LogP contribution in [0.5, 0.6) is 5.88 Å². The van der Waals surface area contributed by atoms with Crippen LogP contribution in [0, 0.1) is 18.8 Å². The highest BCUT2D eigenvalue weighted by atomic mass is 16.5. The van der Waals surface area contributed by atoms with Gasteiger partial charge in [-0.15, -0.1) is 0 Å². The van der Waals surface area contributed by atoms with Crippen LogP contribution >= 0.6 is 0 Å². The molecule has 4 heteroatoms. The molecule has 0 saturated heterocycles. The first kappa shape index (κ1) is 16.1. The predicted octanol–water partition coefficient (Wildman–Crippen LogP) is 4.20. The zero-order valence-corrected chi connectivity index (χ0v) is 13.9. The Hall–Kier alpha value is -1.32. The fourth-order valence-corrected chi connectivity index (χ4v) is 3.00. The lowest BCUT2D eigenvalue weighted by Crippen LogP contribution is -2.22. The van der Waals surface area contributed by atoms with Gasteiger partial charge in [-0.25, -0.2) is 4.98 Å². The Morgan fingerprint density at radius 2 is 1.86 bits per heavy atom. The second-order valence-electron chi connectivity index (χ2n) is 6.51. The summed E-state index contributed by atoms with van der Waals surface area (Å²) in [6, 6.07) is 1.89. The molecule has 1 heterocycles. The maximum Gasteiger partial charge on any atom is 0.226 e. The molecule has 0 bridgehead atoms. The van der Waals surface area contributed by atoms with Gasteiger partial charge >= 0.3 is 0 Å². The van der Waals surface area contributed by atoms with Gasteiger partial charge < -0.3 is 10.1 Å². The molecule has 1 aliphatic rings. The average Bonchev–Trinajstić information content (AvgIpc) is 2.44. The zero-order valence-electron chi connectivity index (χ0n) is 13.9. The Morgan fingerprint density at radius 3 is 2.48 bits per heavy atom. The molecule has 0 amide bonds. The second-order valence-corrected chi connectivity index (χ2v) is 6.51. The highest BCUT2D eigenvalue weighted by Crippen LogP contribution is 2.30. The van der Waals surface area contributed by atoms with E-state index in [1.807, 2.05) is 26.8 Å². The number of aromatic nitrogens is 2. The van der Waals surface area contributed by atoms with Crippen LogP contribution in [-0.2, 0) is 0 Å². The Kier molecular flexibility index (Phi) is 5.83. The molecule has 0 radical (unpaired) electrons. The van der Waals surface area contributed by atoms with Crippen molar-refractivity contribution in [3.8, 4) is 5.88 Å². The Labute approximate surface area is 128 Å². The quantitative estimate of drug-likeness (QED) is 0.853. The van der Waals surface area contributed by atoms with Crippen LogP contribution in [0.3, 0.4) is 0 Å². The molecule has 0 atom stereocenters. The van der Waals surface area contributed by atoms with Gasteiger partial charge in [0.2, 0.25) is 11.8 Å². The van der Waals surface area contributed by atoms with Gasteiger partial charge in [-0.2, -0.15) is 4.98 Å². The van der Waals surface area contributed by atoms with Crippen LogP contribution in [0.4, 0.5) is 5.95 Å². The predicted molar refractivity (Wildman–Crippen MR) is 86.8 cm³/mol. The lowest BCUT2D eigenvalue weighted by atomic mass is 9.81. The van der Waals surface area contributed by atoms with Gasteiger partial charge in [0, 0.05) is 18.3 Å². The SMILES string of the molecule is CCC1CCC(CNc2nc(C)cc(OC(C)C)n2)CC1. The molecule has 4 nitrogen and oxygen atoms in total. The number of anilines is 1. The summed E-state index contributed by atoms with van der Waals surface area (Å²) in [4.78, 5) is 8.90. The van der Waals surface area contributed by atoms with Crippen LogP contribution in [-0.4, -0.2) is 22.6 Å². The Balaban J connectivity index is 1.86. The fraction of sp³-hybridized carbons (Fsp3) is 0.765. The zero-order chi connectivity index (χ0) is 15.2. The molecular weight excluding hydrogens is 262 g/mol. The van der Waals surface area contributed by atoms with Crippen molar-refractivity contribution in [3.05, 3.63) is 11.8 Å². The van der Waals surface area contributed by atoms with Crippen LogP contribution in [0.25, 0.3) is 0 Å². The molecular formula is C17H29N3O. The topological polar surface area (TPSA) is 47.0 Å². The third-order valence-corrected chi connectivity index (χ3v) is 4.28. The number of nitrogens with one attached hydrogen (secondary N) is 1. The van der Waals surface area contributed by atoms with Gasteiger partial charge in [0.25, 0.3) is 0 Å². The molecule has 2 rings (SSSR count). The first-order valence-corrected chi connectivity index (χ1v) is 8.33. The Morgan fingerprint density at radius 1 is 1.19 bits per heavy atom. The van der Waals surface area contributed by atoms with E-state index in [9.17, 15) is 0 Å². The van der Waals surface area contributed by atoms with Gasteiger partial charge in [0.05, 0.1) is 6.10 Å². The van der Waals surface area contributed by atoms with Crippen LogP contribution < -0.4 is 10.1 Å². The molecule has 1 fully saturated rings. The van der Waals surface area contributed by atoms with E-state index >= 15 is 0 Å². The largest absolute Gasteiger partial charge is 0.475 e. The number of hydrogen-bond donors (Lipinski definition) is 1. The normalized spacial score (nSPS) is 22.3. The maximum atomic E-state index is 5.66. The van der Waals surface area contributed by atoms with Crippen molar-refractivity contribution in [1.29, 1.82) is 0 Å². The van der Waals surface area contributed by atoms with Gasteiger partial charge in [-0.3, -0.25) is 0 Å². The first-order valence-electron chi connectivity index (χ1n) is 8.33. The van der Waals surface area contributed by atoms with Gasteiger partial charge in [0.15, 0.2) is 0 Å². The molecule has 0 unspecified atom stereocenters. The van der Waals surface area contributed by atoms with Crippen LogP contribution in [0.1, 0.15) is 58.6 Å². The van der Waals surface area contributed by atoms with E-state index in [1.165, 1.54) is 32.1 Å². The summed E-state index contributed by atoms with van der Waals surface area (Å²) in [5.74, 6) is 3.06. The van der Waals surface area contributed by atoms with E-state index in [2.05, 4.69) is 22.2 Å².